The van der Waals surface area contributed by atoms with Gasteiger partial charge < -0.3 is 20.8 Å². The Kier molecular flexibility index (Phi) is 3.48. The largest absolute Gasteiger partial charge is 0.397 e. The standard InChI is InChI=1S/C14H19N3O2/c1-14(2,19-3)8-16-13(18)11-7-9-5-4-6-10(15)12(9)17-11/h4-7,17H,8,15H2,1-3H3,(H,16,18). The van der Waals surface area contributed by atoms with Crippen LogP contribution in [0.1, 0.15) is 24.3 Å². The Balaban J connectivity index is 2.16. The van der Waals surface area contributed by atoms with E-state index in [0.29, 0.717) is 17.9 Å². The number of ether oxygens (including phenoxy) is 1. The van der Waals surface area contributed by atoms with Gasteiger partial charge in [0.05, 0.1) is 16.8 Å². The van der Waals surface area contributed by atoms with Crippen molar-refractivity contribution in [2.45, 2.75) is 19.4 Å². The second-order valence-corrected chi connectivity index (χ2v) is 5.14. The molecule has 1 amide bonds. The van der Waals surface area contributed by atoms with Crippen LogP contribution in [0.4, 0.5) is 5.69 Å². The molecule has 102 valence electrons. The highest BCUT2D eigenvalue weighted by molar-refractivity contribution is 6.00. The number of nitrogen functional groups attached to an aromatic ring is 1. The molecule has 1 aromatic heterocycles. The molecule has 4 N–H and O–H groups in total. The monoisotopic (exact) mass is 261 g/mol. The van der Waals surface area contributed by atoms with Gasteiger partial charge in [0.15, 0.2) is 0 Å². The number of aromatic amines is 1. The molecule has 0 spiro atoms. The van der Waals surface area contributed by atoms with Crippen molar-refractivity contribution in [2.24, 2.45) is 0 Å². The van der Waals surface area contributed by atoms with E-state index in [1.807, 2.05) is 26.0 Å². The molecule has 1 heterocycles. The molecule has 0 radical (unpaired) electrons. The number of amides is 1. The Morgan fingerprint density at radius 1 is 1.47 bits per heavy atom. The molecule has 0 bridgehead atoms. The average Bonchev–Trinajstić information content (AvgIpc) is 2.81. The molecule has 5 nitrogen and oxygen atoms in total. The number of carbonyl (C=O) groups is 1. The van der Waals surface area contributed by atoms with Gasteiger partial charge in [-0.2, -0.15) is 0 Å². The topological polar surface area (TPSA) is 80.1 Å². The summed E-state index contributed by atoms with van der Waals surface area (Å²) >= 11 is 0. The number of nitrogens with one attached hydrogen (secondary N) is 2. The summed E-state index contributed by atoms with van der Waals surface area (Å²) < 4.78 is 5.26. The van der Waals surface area contributed by atoms with Gasteiger partial charge >= 0.3 is 0 Å². The first-order valence-electron chi connectivity index (χ1n) is 6.13. The van der Waals surface area contributed by atoms with Crippen LogP contribution in [-0.2, 0) is 4.74 Å². The molecule has 2 rings (SSSR count). The van der Waals surface area contributed by atoms with Crippen molar-refractivity contribution in [2.75, 3.05) is 19.4 Å². The van der Waals surface area contributed by atoms with Crippen LogP contribution >= 0.6 is 0 Å². The Morgan fingerprint density at radius 3 is 2.84 bits per heavy atom. The number of H-pyrrole nitrogens is 1. The number of nitrogens with two attached hydrogens (primary N) is 1. The maximum Gasteiger partial charge on any atom is 0.267 e. The first-order valence-corrected chi connectivity index (χ1v) is 6.13. The molecule has 0 unspecified atom stereocenters. The minimum atomic E-state index is -0.388. The molecule has 0 saturated carbocycles. The highest BCUT2D eigenvalue weighted by atomic mass is 16.5. The lowest BCUT2D eigenvalue weighted by Gasteiger charge is -2.22. The number of aromatic nitrogens is 1. The number of benzene rings is 1. The molecule has 2 aromatic rings. The summed E-state index contributed by atoms with van der Waals surface area (Å²) in [7, 11) is 1.62. The van der Waals surface area contributed by atoms with Crippen LogP contribution in [0.2, 0.25) is 0 Å². The summed E-state index contributed by atoms with van der Waals surface area (Å²) in [5, 5.41) is 3.76. The number of anilines is 1. The predicted octanol–water partition coefficient (Wildman–Crippen LogP) is 1.90. The quantitative estimate of drug-likeness (QED) is 0.735. The Bertz CT molecular complexity index is 602. The van der Waals surface area contributed by atoms with Gasteiger partial charge in [0.2, 0.25) is 0 Å². The van der Waals surface area contributed by atoms with Gasteiger partial charge in [0.1, 0.15) is 5.69 Å². The van der Waals surface area contributed by atoms with Gasteiger partial charge in [-0.15, -0.1) is 0 Å². The number of fused-ring (bicyclic) bond motifs is 1. The van der Waals surface area contributed by atoms with Crippen molar-refractivity contribution >= 4 is 22.5 Å². The van der Waals surface area contributed by atoms with Crippen molar-refractivity contribution in [3.05, 3.63) is 30.0 Å². The Hall–Kier alpha value is -2.01. The minimum absolute atomic E-state index is 0.166. The maximum atomic E-state index is 12.0. The lowest BCUT2D eigenvalue weighted by atomic mass is 10.1. The number of hydrogen-bond donors (Lipinski definition) is 3. The smallest absolute Gasteiger partial charge is 0.267 e. The molecule has 0 atom stereocenters. The Labute approximate surface area is 112 Å². The summed E-state index contributed by atoms with van der Waals surface area (Å²) in [6.07, 6.45) is 0. The third-order valence-electron chi connectivity index (χ3n) is 3.16. The zero-order valence-electron chi connectivity index (χ0n) is 11.4. The third kappa shape index (κ3) is 2.88. The lowest BCUT2D eigenvalue weighted by molar-refractivity contribution is 0.0228. The van der Waals surface area contributed by atoms with Crippen LogP contribution in [0.3, 0.4) is 0 Å². The summed E-state index contributed by atoms with van der Waals surface area (Å²) in [6.45, 7) is 4.26. The second kappa shape index (κ2) is 4.93. The van der Waals surface area contributed by atoms with Gasteiger partial charge in [0, 0.05) is 19.0 Å². The van der Waals surface area contributed by atoms with E-state index in [1.165, 1.54) is 0 Å². The molecule has 0 saturated heterocycles. The van der Waals surface area contributed by atoms with Crippen LogP contribution in [0.5, 0.6) is 0 Å². The van der Waals surface area contributed by atoms with Gasteiger partial charge in [-0.3, -0.25) is 4.79 Å². The highest BCUT2D eigenvalue weighted by Crippen LogP contribution is 2.21. The van der Waals surface area contributed by atoms with E-state index in [4.69, 9.17) is 10.5 Å². The zero-order chi connectivity index (χ0) is 14.0. The minimum Gasteiger partial charge on any atom is -0.397 e. The van der Waals surface area contributed by atoms with E-state index in [1.54, 1.807) is 19.2 Å². The predicted molar refractivity (Wildman–Crippen MR) is 76.1 cm³/mol. The van der Waals surface area contributed by atoms with Gasteiger partial charge in [-0.25, -0.2) is 0 Å². The van der Waals surface area contributed by atoms with Gasteiger partial charge in [-0.1, -0.05) is 12.1 Å². The molecule has 19 heavy (non-hydrogen) atoms. The summed E-state index contributed by atoms with van der Waals surface area (Å²) in [6, 6.07) is 7.37. The number of carbonyl (C=O) groups excluding carboxylic acids is 1. The van der Waals surface area contributed by atoms with E-state index in [2.05, 4.69) is 10.3 Å². The first-order chi connectivity index (χ1) is 8.93. The average molecular weight is 261 g/mol. The summed E-state index contributed by atoms with van der Waals surface area (Å²) in [5.41, 5.74) is 7.39. The second-order valence-electron chi connectivity index (χ2n) is 5.14. The molecule has 1 aromatic carbocycles. The van der Waals surface area contributed by atoms with Crippen LogP contribution in [0.15, 0.2) is 24.3 Å². The van der Waals surface area contributed by atoms with E-state index in [9.17, 15) is 4.79 Å². The van der Waals surface area contributed by atoms with E-state index >= 15 is 0 Å². The van der Waals surface area contributed by atoms with Crippen LogP contribution < -0.4 is 11.1 Å². The fourth-order valence-corrected chi connectivity index (χ4v) is 1.76. The van der Waals surface area contributed by atoms with Crippen molar-refractivity contribution in [1.82, 2.24) is 10.3 Å². The Morgan fingerprint density at radius 2 is 2.21 bits per heavy atom. The van der Waals surface area contributed by atoms with Crippen molar-refractivity contribution in [3.8, 4) is 0 Å². The maximum absolute atomic E-state index is 12.0. The number of rotatable bonds is 4. The van der Waals surface area contributed by atoms with E-state index in [-0.39, 0.29) is 11.5 Å². The van der Waals surface area contributed by atoms with Gasteiger partial charge in [0.25, 0.3) is 5.91 Å². The van der Waals surface area contributed by atoms with Crippen LogP contribution in [-0.4, -0.2) is 30.1 Å². The summed E-state index contributed by atoms with van der Waals surface area (Å²) in [4.78, 5) is 15.1. The van der Waals surface area contributed by atoms with Crippen LogP contribution in [0, 0.1) is 0 Å². The first kappa shape index (κ1) is 13.4. The highest BCUT2D eigenvalue weighted by Gasteiger charge is 2.18. The van der Waals surface area contributed by atoms with Crippen molar-refractivity contribution in [1.29, 1.82) is 0 Å². The van der Waals surface area contributed by atoms with Crippen LogP contribution in [0.25, 0.3) is 10.9 Å². The fourth-order valence-electron chi connectivity index (χ4n) is 1.76. The van der Waals surface area contributed by atoms with E-state index < -0.39 is 0 Å². The molecular formula is C14H19N3O2. The normalized spacial score (nSPS) is 11.7. The molecule has 0 aliphatic heterocycles. The third-order valence-corrected chi connectivity index (χ3v) is 3.16. The lowest BCUT2D eigenvalue weighted by Crippen LogP contribution is -2.39. The number of methoxy groups -OCH3 is 1. The van der Waals surface area contributed by atoms with Crippen molar-refractivity contribution < 1.29 is 9.53 Å². The molecule has 0 fully saturated rings. The number of hydrogen-bond acceptors (Lipinski definition) is 3. The molecule has 0 aliphatic carbocycles. The van der Waals surface area contributed by atoms with Gasteiger partial charge in [-0.05, 0) is 26.0 Å². The van der Waals surface area contributed by atoms with Crippen molar-refractivity contribution in [3.63, 3.8) is 0 Å². The molecular weight excluding hydrogens is 242 g/mol. The van der Waals surface area contributed by atoms with E-state index in [0.717, 1.165) is 10.9 Å². The summed E-state index contributed by atoms with van der Waals surface area (Å²) in [5.74, 6) is -0.166. The number of para-hydroxylation sites is 1. The zero-order valence-corrected chi connectivity index (χ0v) is 11.4. The molecule has 5 heteroatoms. The molecule has 0 aliphatic rings. The SMILES string of the molecule is COC(C)(C)CNC(=O)c1cc2cccc(N)c2[nH]1. The fraction of sp³-hybridized carbons (Fsp3) is 0.357.